The number of ether oxygens (including phenoxy) is 2. The summed E-state index contributed by atoms with van der Waals surface area (Å²) in [4.78, 5) is 54.4. The minimum absolute atomic E-state index is 0.204. The largest absolute Gasteiger partial charge is 0.494 e. The van der Waals surface area contributed by atoms with E-state index in [0.717, 1.165) is 5.56 Å². The Morgan fingerprint density at radius 2 is 1.81 bits per heavy atom. The quantitative estimate of drug-likeness (QED) is 0.474. The number of H-pyrrole nitrogens is 1. The lowest BCUT2D eigenvalue weighted by molar-refractivity contribution is -0.145. The fraction of sp³-hybridized carbons (Fsp3) is 0.462. The normalized spacial score (nSPS) is 21.6. The number of carbonyl (C=O) groups excluding carboxylic acids is 4. The first-order valence-corrected chi connectivity index (χ1v) is 12.1. The van der Waals surface area contributed by atoms with Gasteiger partial charge in [0.25, 0.3) is 5.91 Å². The van der Waals surface area contributed by atoms with Crippen molar-refractivity contribution in [3.8, 4) is 5.75 Å². The van der Waals surface area contributed by atoms with Crippen molar-refractivity contribution < 1.29 is 28.7 Å². The van der Waals surface area contributed by atoms with E-state index in [1.54, 1.807) is 32.2 Å². The van der Waals surface area contributed by atoms with Crippen LogP contribution in [-0.2, 0) is 25.5 Å². The number of hydrogen-bond acceptors (Lipinski definition) is 6. The highest BCUT2D eigenvalue weighted by Crippen LogP contribution is 2.16. The predicted octanol–water partition coefficient (Wildman–Crippen LogP) is 1.72. The van der Waals surface area contributed by atoms with Gasteiger partial charge in [-0.15, -0.1) is 0 Å². The Labute approximate surface area is 210 Å². The minimum Gasteiger partial charge on any atom is -0.494 e. The lowest BCUT2D eigenvalue weighted by Crippen LogP contribution is -2.57. The number of amides is 3. The Morgan fingerprint density at radius 1 is 1.06 bits per heavy atom. The van der Waals surface area contributed by atoms with Gasteiger partial charge in [-0.1, -0.05) is 26.0 Å². The minimum atomic E-state index is -0.950. The van der Waals surface area contributed by atoms with E-state index in [-0.39, 0.29) is 12.3 Å². The van der Waals surface area contributed by atoms with Crippen LogP contribution in [0.2, 0.25) is 0 Å². The summed E-state index contributed by atoms with van der Waals surface area (Å²) in [5.74, 6) is -1.60. The first kappa shape index (κ1) is 26.8. The SMILES string of the molecule is COC(=O)[C@@H]1CCCCOc2ccc(cc2)C[C@H](NC(=O)c2ccc[nH]2)C(=O)N[C@@H](C(C)C)C(=O)N1. The topological polar surface area (TPSA) is 139 Å². The third-order valence-corrected chi connectivity index (χ3v) is 6.03. The predicted molar refractivity (Wildman–Crippen MR) is 132 cm³/mol. The molecule has 2 bridgehead atoms. The van der Waals surface area contributed by atoms with Crippen molar-refractivity contribution in [2.24, 2.45) is 5.92 Å². The van der Waals surface area contributed by atoms with Gasteiger partial charge >= 0.3 is 5.97 Å². The lowest BCUT2D eigenvalue weighted by atomic mass is 10.00. The van der Waals surface area contributed by atoms with Crippen molar-refractivity contribution in [1.29, 1.82) is 0 Å². The van der Waals surface area contributed by atoms with Crippen LogP contribution in [0.25, 0.3) is 0 Å². The zero-order valence-electron chi connectivity index (χ0n) is 20.8. The highest BCUT2D eigenvalue weighted by atomic mass is 16.5. The summed E-state index contributed by atoms with van der Waals surface area (Å²) in [7, 11) is 1.27. The van der Waals surface area contributed by atoms with E-state index >= 15 is 0 Å². The second-order valence-corrected chi connectivity index (χ2v) is 9.12. The van der Waals surface area contributed by atoms with Gasteiger partial charge in [0.15, 0.2) is 0 Å². The van der Waals surface area contributed by atoms with Gasteiger partial charge in [-0.05, 0) is 55.0 Å². The van der Waals surface area contributed by atoms with Gasteiger partial charge in [0.1, 0.15) is 29.6 Å². The van der Waals surface area contributed by atoms with E-state index in [1.807, 2.05) is 24.3 Å². The van der Waals surface area contributed by atoms with Crippen molar-refractivity contribution in [1.82, 2.24) is 20.9 Å². The summed E-state index contributed by atoms with van der Waals surface area (Å²) < 4.78 is 10.6. The number of aromatic amines is 1. The highest BCUT2D eigenvalue weighted by Gasteiger charge is 2.32. The summed E-state index contributed by atoms with van der Waals surface area (Å²) >= 11 is 0. The zero-order chi connectivity index (χ0) is 26.1. The molecule has 4 N–H and O–H groups in total. The molecule has 0 spiro atoms. The fourth-order valence-corrected chi connectivity index (χ4v) is 3.96. The maximum Gasteiger partial charge on any atom is 0.328 e. The molecule has 2 aliphatic rings. The average Bonchev–Trinajstić information content (AvgIpc) is 3.40. The number of fused-ring (bicyclic) bond motifs is 14. The summed E-state index contributed by atoms with van der Waals surface area (Å²) in [5.41, 5.74) is 1.13. The third-order valence-electron chi connectivity index (χ3n) is 6.03. The maximum absolute atomic E-state index is 13.4. The van der Waals surface area contributed by atoms with E-state index in [2.05, 4.69) is 20.9 Å². The number of nitrogens with one attached hydrogen (secondary N) is 4. The molecular weight excluding hydrogens is 464 g/mol. The van der Waals surface area contributed by atoms with Crippen LogP contribution in [0.5, 0.6) is 5.75 Å². The standard InChI is InChI=1S/C26H34N4O6/c1-16(2)22-25(33)28-20(26(34)35-3)7-4-5-14-36-18-11-9-17(10-12-18)15-21(24(32)30-22)29-23(31)19-8-6-13-27-19/h6,8-13,16,20-22,27H,4-5,7,14-15H2,1-3H3,(H,28,33)(H,29,31)(H,30,32)/t20-,21-,22-/m0/s1. The summed E-state index contributed by atoms with van der Waals surface area (Å²) in [5, 5.41) is 8.26. The van der Waals surface area contributed by atoms with Crippen LogP contribution in [-0.4, -0.2) is 60.5 Å². The number of hydrogen-bond donors (Lipinski definition) is 4. The van der Waals surface area contributed by atoms with Crippen LogP contribution < -0.4 is 20.7 Å². The number of methoxy groups -OCH3 is 1. The summed E-state index contributed by atoms with van der Waals surface area (Å²) in [6.07, 6.45) is 3.50. The van der Waals surface area contributed by atoms with Gasteiger partial charge in [-0.3, -0.25) is 14.4 Å². The molecule has 4 rings (SSSR count). The lowest BCUT2D eigenvalue weighted by Gasteiger charge is -2.27. The molecule has 3 atom stereocenters. The van der Waals surface area contributed by atoms with Gasteiger partial charge < -0.3 is 30.4 Å². The Balaban J connectivity index is 1.88. The van der Waals surface area contributed by atoms with E-state index < -0.39 is 41.8 Å². The van der Waals surface area contributed by atoms with Gasteiger partial charge in [0, 0.05) is 12.6 Å². The Bertz CT molecular complexity index is 1040. The van der Waals surface area contributed by atoms with Crippen LogP contribution in [0.4, 0.5) is 0 Å². The maximum atomic E-state index is 13.4. The molecule has 0 saturated heterocycles. The molecule has 0 radical (unpaired) electrons. The third kappa shape index (κ3) is 7.34. The fourth-order valence-electron chi connectivity index (χ4n) is 3.96. The first-order valence-electron chi connectivity index (χ1n) is 12.1. The summed E-state index contributed by atoms with van der Waals surface area (Å²) in [6, 6.07) is 7.89. The zero-order valence-corrected chi connectivity index (χ0v) is 20.8. The van der Waals surface area contributed by atoms with Gasteiger partial charge in [0.05, 0.1) is 13.7 Å². The Kier molecular flexibility index (Phi) is 9.49. The Morgan fingerprint density at radius 3 is 2.44 bits per heavy atom. The average molecular weight is 499 g/mol. The molecule has 2 aliphatic heterocycles. The number of benzene rings is 1. The molecule has 0 unspecified atom stereocenters. The molecule has 0 aliphatic carbocycles. The van der Waals surface area contributed by atoms with E-state index in [4.69, 9.17) is 9.47 Å². The molecule has 3 amide bonds. The monoisotopic (exact) mass is 498 g/mol. The molecular formula is C26H34N4O6. The second-order valence-electron chi connectivity index (χ2n) is 9.12. The Hall–Kier alpha value is -3.82. The molecule has 0 fully saturated rings. The number of aromatic nitrogens is 1. The first-order chi connectivity index (χ1) is 17.3. The van der Waals surface area contributed by atoms with Crippen LogP contribution >= 0.6 is 0 Å². The van der Waals surface area contributed by atoms with Gasteiger partial charge in [0.2, 0.25) is 11.8 Å². The van der Waals surface area contributed by atoms with Crippen molar-refractivity contribution in [3.63, 3.8) is 0 Å². The molecule has 36 heavy (non-hydrogen) atoms. The molecule has 2 aromatic rings. The molecule has 1 aromatic carbocycles. The number of esters is 1. The summed E-state index contributed by atoms with van der Waals surface area (Å²) in [6.45, 7) is 4.04. The molecule has 3 heterocycles. The molecule has 194 valence electrons. The molecule has 10 nitrogen and oxygen atoms in total. The van der Waals surface area contributed by atoms with E-state index in [9.17, 15) is 19.2 Å². The molecule has 0 saturated carbocycles. The van der Waals surface area contributed by atoms with Crippen LogP contribution in [0.3, 0.4) is 0 Å². The van der Waals surface area contributed by atoms with Crippen molar-refractivity contribution in [3.05, 3.63) is 53.9 Å². The van der Waals surface area contributed by atoms with Crippen molar-refractivity contribution >= 4 is 23.7 Å². The van der Waals surface area contributed by atoms with Crippen LogP contribution in [0, 0.1) is 5.92 Å². The molecule has 10 heteroatoms. The second kappa shape index (κ2) is 12.8. The van der Waals surface area contributed by atoms with Gasteiger partial charge in [-0.2, -0.15) is 0 Å². The molecule has 1 aromatic heterocycles. The number of rotatable bonds is 4. The van der Waals surface area contributed by atoms with Crippen molar-refractivity contribution in [2.45, 2.75) is 57.7 Å². The van der Waals surface area contributed by atoms with E-state index in [0.29, 0.717) is 37.3 Å². The van der Waals surface area contributed by atoms with Crippen LogP contribution in [0.15, 0.2) is 42.6 Å². The smallest absolute Gasteiger partial charge is 0.328 e. The van der Waals surface area contributed by atoms with E-state index in [1.165, 1.54) is 7.11 Å². The highest BCUT2D eigenvalue weighted by molar-refractivity contribution is 5.97. The van der Waals surface area contributed by atoms with Crippen molar-refractivity contribution in [2.75, 3.05) is 13.7 Å². The number of carbonyl (C=O) groups is 4. The van der Waals surface area contributed by atoms with Gasteiger partial charge in [-0.25, -0.2) is 4.79 Å². The van der Waals surface area contributed by atoms with Crippen LogP contribution in [0.1, 0.15) is 49.2 Å².